The molecule has 0 aliphatic heterocycles. The fourth-order valence-electron chi connectivity index (χ4n) is 1.72. The molecule has 2 aromatic rings. The Morgan fingerprint density at radius 1 is 1.37 bits per heavy atom. The Morgan fingerprint density at radius 2 is 2.11 bits per heavy atom. The van der Waals surface area contributed by atoms with Gasteiger partial charge in [0.2, 0.25) is 0 Å². The van der Waals surface area contributed by atoms with Crippen LogP contribution in [-0.2, 0) is 4.74 Å². The van der Waals surface area contributed by atoms with Crippen molar-refractivity contribution in [1.82, 2.24) is 0 Å². The first-order valence-corrected chi connectivity index (χ1v) is 5.58. The predicted octanol–water partition coefficient (Wildman–Crippen LogP) is 1.68. The van der Waals surface area contributed by atoms with Crippen LogP contribution in [0.4, 0.5) is 0 Å². The third-order valence-electron chi connectivity index (χ3n) is 2.54. The summed E-state index contributed by atoms with van der Waals surface area (Å²) in [5.41, 5.74) is -0.527. The number of benzene rings is 1. The van der Waals surface area contributed by atoms with Crippen molar-refractivity contribution in [3.05, 3.63) is 34.2 Å². The van der Waals surface area contributed by atoms with Gasteiger partial charge >= 0.3 is 11.6 Å². The van der Waals surface area contributed by atoms with Crippen LogP contribution in [0.25, 0.3) is 11.0 Å². The standard InChI is InChI=1S/C13H12O6/c1-3-18-13(16)8-5-12(15)19-10-6-9(14)11(17-2)4-7(8)10/h4-6,14H,3H2,1-2H3. The van der Waals surface area contributed by atoms with Crippen LogP contribution < -0.4 is 10.4 Å². The zero-order chi connectivity index (χ0) is 14.0. The number of aromatic hydroxyl groups is 1. The molecule has 1 heterocycles. The number of fused-ring (bicyclic) bond motifs is 1. The van der Waals surface area contributed by atoms with Crippen molar-refractivity contribution in [3.8, 4) is 11.5 Å². The first kappa shape index (κ1) is 12.9. The number of ether oxygens (including phenoxy) is 2. The van der Waals surface area contributed by atoms with Crippen molar-refractivity contribution in [2.24, 2.45) is 0 Å². The van der Waals surface area contributed by atoms with E-state index in [4.69, 9.17) is 13.9 Å². The van der Waals surface area contributed by atoms with Crippen molar-refractivity contribution >= 4 is 16.9 Å². The predicted molar refractivity (Wildman–Crippen MR) is 66.7 cm³/mol. The first-order chi connectivity index (χ1) is 9.06. The number of hydrogen-bond acceptors (Lipinski definition) is 6. The molecule has 0 aliphatic rings. The van der Waals surface area contributed by atoms with Crippen LogP contribution in [0.1, 0.15) is 17.3 Å². The lowest BCUT2D eigenvalue weighted by atomic mass is 10.1. The number of carbonyl (C=O) groups is 1. The Balaban J connectivity index is 2.75. The molecular weight excluding hydrogens is 252 g/mol. The van der Waals surface area contributed by atoms with Crippen LogP contribution in [0.3, 0.4) is 0 Å². The number of rotatable bonds is 3. The average molecular weight is 264 g/mol. The van der Waals surface area contributed by atoms with E-state index < -0.39 is 11.6 Å². The highest BCUT2D eigenvalue weighted by atomic mass is 16.5. The van der Waals surface area contributed by atoms with Crippen LogP contribution >= 0.6 is 0 Å². The third-order valence-corrected chi connectivity index (χ3v) is 2.54. The number of phenolic OH excluding ortho intramolecular Hbond substituents is 1. The second kappa shape index (κ2) is 5.01. The third kappa shape index (κ3) is 2.37. The smallest absolute Gasteiger partial charge is 0.339 e. The zero-order valence-electron chi connectivity index (χ0n) is 10.4. The summed E-state index contributed by atoms with van der Waals surface area (Å²) in [5, 5.41) is 9.97. The van der Waals surface area contributed by atoms with Gasteiger partial charge in [-0.25, -0.2) is 9.59 Å². The van der Waals surface area contributed by atoms with Gasteiger partial charge in [0.15, 0.2) is 11.5 Å². The van der Waals surface area contributed by atoms with Gasteiger partial charge in [0, 0.05) is 17.5 Å². The molecule has 1 N–H and O–H groups in total. The van der Waals surface area contributed by atoms with E-state index in [1.54, 1.807) is 6.92 Å². The van der Waals surface area contributed by atoms with Gasteiger partial charge in [-0.3, -0.25) is 0 Å². The van der Waals surface area contributed by atoms with E-state index in [2.05, 4.69) is 0 Å². The highest BCUT2D eigenvalue weighted by Gasteiger charge is 2.16. The van der Waals surface area contributed by atoms with E-state index in [0.717, 1.165) is 6.07 Å². The Hall–Kier alpha value is -2.50. The minimum absolute atomic E-state index is 0.0754. The normalized spacial score (nSPS) is 10.4. The summed E-state index contributed by atoms with van der Waals surface area (Å²) < 4.78 is 14.8. The minimum atomic E-state index is -0.694. The van der Waals surface area contributed by atoms with E-state index in [1.165, 1.54) is 19.2 Å². The van der Waals surface area contributed by atoms with Gasteiger partial charge in [0.1, 0.15) is 5.58 Å². The molecule has 19 heavy (non-hydrogen) atoms. The van der Waals surface area contributed by atoms with Crippen molar-refractivity contribution in [2.75, 3.05) is 13.7 Å². The largest absolute Gasteiger partial charge is 0.504 e. The van der Waals surface area contributed by atoms with Crippen molar-refractivity contribution in [1.29, 1.82) is 0 Å². The minimum Gasteiger partial charge on any atom is -0.504 e. The van der Waals surface area contributed by atoms with Crippen LogP contribution in [0.2, 0.25) is 0 Å². The maximum atomic E-state index is 11.8. The molecule has 0 radical (unpaired) electrons. The van der Waals surface area contributed by atoms with Crippen LogP contribution in [0.5, 0.6) is 11.5 Å². The SMILES string of the molecule is CCOC(=O)c1cc(=O)oc2cc(O)c(OC)cc12. The maximum Gasteiger partial charge on any atom is 0.339 e. The zero-order valence-corrected chi connectivity index (χ0v) is 10.4. The molecule has 0 unspecified atom stereocenters. The van der Waals surface area contributed by atoms with E-state index >= 15 is 0 Å². The van der Waals surface area contributed by atoms with Gasteiger partial charge in [-0.05, 0) is 13.0 Å². The average Bonchev–Trinajstić information content (AvgIpc) is 2.37. The molecule has 0 saturated heterocycles. The molecule has 100 valence electrons. The fraction of sp³-hybridized carbons (Fsp3) is 0.231. The Bertz CT molecular complexity index is 685. The van der Waals surface area contributed by atoms with Crippen LogP contribution in [-0.4, -0.2) is 24.8 Å². The molecule has 6 heteroatoms. The molecule has 1 aromatic heterocycles. The highest BCUT2D eigenvalue weighted by Crippen LogP contribution is 2.32. The summed E-state index contributed by atoms with van der Waals surface area (Å²) in [4.78, 5) is 23.2. The molecule has 0 bridgehead atoms. The Morgan fingerprint density at radius 3 is 2.74 bits per heavy atom. The number of carbonyl (C=O) groups excluding carboxylic acids is 1. The van der Waals surface area contributed by atoms with Crippen molar-refractivity contribution < 1.29 is 23.8 Å². The van der Waals surface area contributed by atoms with Crippen LogP contribution in [0.15, 0.2) is 27.4 Å². The summed E-state index contributed by atoms with van der Waals surface area (Å²) >= 11 is 0. The molecule has 0 spiro atoms. The Kier molecular flexibility index (Phi) is 3.41. The number of hydrogen-bond donors (Lipinski definition) is 1. The lowest BCUT2D eigenvalue weighted by molar-refractivity contribution is 0.0528. The quantitative estimate of drug-likeness (QED) is 0.670. The fourth-order valence-corrected chi connectivity index (χ4v) is 1.72. The molecule has 0 saturated carbocycles. The molecule has 0 amide bonds. The van der Waals surface area contributed by atoms with Crippen molar-refractivity contribution in [3.63, 3.8) is 0 Å². The van der Waals surface area contributed by atoms with Gasteiger partial charge in [-0.15, -0.1) is 0 Å². The van der Waals surface area contributed by atoms with Gasteiger partial charge < -0.3 is 19.0 Å². The maximum absolute atomic E-state index is 11.8. The number of phenols is 1. The molecule has 2 rings (SSSR count). The summed E-state index contributed by atoms with van der Waals surface area (Å²) in [6.07, 6.45) is 0. The van der Waals surface area contributed by atoms with Crippen LogP contribution in [0, 0.1) is 0 Å². The first-order valence-electron chi connectivity index (χ1n) is 5.58. The van der Waals surface area contributed by atoms with E-state index in [1.807, 2.05) is 0 Å². The summed E-state index contributed by atoms with van der Waals surface area (Å²) in [7, 11) is 1.38. The second-order valence-corrected chi connectivity index (χ2v) is 3.72. The highest BCUT2D eigenvalue weighted by molar-refractivity contribution is 6.03. The molecule has 0 aliphatic carbocycles. The van der Waals surface area contributed by atoms with Gasteiger partial charge in [0.25, 0.3) is 0 Å². The topological polar surface area (TPSA) is 86.0 Å². The van der Waals surface area contributed by atoms with E-state index in [0.29, 0.717) is 5.39 Å². The molecule has 6 nitrogen and oxygen atoms in total. The van der Waals surface area contributed by atoms with Gasteiger partial charge in [-0.1, -0.05) is 0 Å². The molecule has 0 atom stereocenters. The second-order valence-electron chi connectivity index (χ2n) is 3.72. The Labute approximate surface area is 108 Å². The number of esters is 1. The lowest BCUT2D eigenvalue weighted by Gasteiger charge is -2.08. The molecule has 1 aromatic carbocycles. The molecule has 0 fully saturated rings. The molecular formula is C13H12O6. The van der Waals surface area contributed by atoms with Crippen molar-refractivity contribution in [2.45, 2.75) is 6.92 Å². The van der Waals surface area contributed by atoms with E-state index in [-0.39, 0.29) is 29.3 Å². The summed E-state index contributed by atoms with van der Waals surface area (Å²) in [5.74, 6) is -0.640. The lowest BCUT2D eigenvalue weighted by Crippen LogP contribution is -2.10. The monoisotopic (exact) mass is 264 g/mol. The number of methoxy groups -OCH3 is 1. The summed E-state index contributed by atoms with van der Waals surface area (Å²) in [6, 6.07) is 3.69. The summed E-state index contributed by atoms with van der Waals surface area (Å²) in [6.45, 7) is 1.85. The van der Waals surface area contributed by atoms with Gasteiger partial charge in [0.05, 0.1) is 19.3 Å². The van der Waals surface area contributed by atoms with Gasteiger partial charge in [-0.2, -0.15) is 0 Å². The van der Waals surface area contributed by atoms with E-state index in [9.17, 15) is 14.7 Å².